The van der Waals surface area contributed by atoms with E-state index in [0.29, 0.717) is 27.7 Å². The van der Waals surface area contributed by atoms with Crippen molar-refractivity contribution in [2.75, 3.05) is 18.2 Å². The highest BCUT2D eigenvalue weighted by molar-refractivity contribution is 7.12. The average molecular weight is 263 g/mol. The molecule has 1 aromatic heterocycles. The van der Waals surface area contributed by atoms with Gasteiger partial charge in [0.15, 0.2) is 0 Å². The monoisotopic (exact) mass is 263 g/mol. The molecule has 0 radical (unpaired) electrons. The summed E-state index contributed by atoms with van der Waals surface area (Å²) in [6, 6.07) is 5.11. The summed E-state index contributed by atoms with van der Waals surface area (Å²) >= 11 is 1.30. The van der Waals surface area contributed by atoms with Crippen molar-refractivity contribution in [2.24, 2.45) is 0 Å². The minimum absolute atomic E-state index is 0.213. The molecular weight excluding hydrogens is 250 g/mol. The largest absolute Gasteiger partial charge is 0.497 e. The van der Waals surface area contributed by atoms with E-state index in [-0.39, 0.29) is 5.91 Å². The lowest BCUT2D eigenvalue weighted by Crippen LogP contribution is -2.13. The Labute approximate surface area is 109 Å². The Morgan fingerprint density at radius 1 is 1.50 bits per heavy atom. The fraction of sp³-hybridized carbons (Fsp3) is 0.167. The van der Waals surface area contributed by atoms with Crippen LogP contribution in [0.25, 0.3) is 0 Å². The molecule has 0 atom stereocenters. The van der Waals surface area contributed by atoms with E-state index >= 15 is 0 Å². The van der Waals surface area contributed by atoms with Gasteiger partial charge in [0.05, 0.1) is 29.7 Å². The molecule has 1 amide bonds. The second-order valence-corrected chi connectivity index (χ2v) is 4.53. The number of nitrogens with zero attached hydrogens (tertiary/aromatic N) is 1. The van der Waals surface area contributed by atoms with Crippen LogP contribution < -0.4 is 15.8 Å². The SMILES string of the molecule is COc1ccc(N)c(NC(=O)c2scnc2C)c1. The van der Waals surface area contributed by atoms with Gasteiger partial charge in [-0.2, -0.15) is 0 Å². The second-order valence-electron chi connectivity index (χ2n) is 3.67. The molecular formula is C12H13N3O2S. The number of nitrogens with two attached hydrogens (primary N) is 1. The Morgan fingerprint density at radius 2 is 2.28 bits per heavy atom. The fourth-order valence-corrected chi connectivity index (χ4v) is 2.17. The number of aromatic nitrogens is 1. The summed E-state index contributed by atoms with van der Waals surface area (Å²) in [5, 5.41) is 2.75. The first kappa shape index (κ1) is 12.4. The number of carbonyl (C=O) groups is 1. The van der Waals surface area contributed by atoms with E-state index in [9.17, 15) is 4.79 Å². The van der Waals surface area contributed by atoms with E-state index < -0.39 is 0 Å². The number of anilines is 2. The first-order chi connectivity index (χ1) is 8.61. The molecule has 94 valence electrons. The lowest BCUT2D eigenvalue weighted by molar-refractivity contribution is 0.103. The molecule has 18 heavy (non-hydrogen) atoms. The summed E-state index contributed by atoms with van der Waals surface area (Å²) in [7, 11) is 1.56. The van der Waals surface area contributed by atoms with Crippen molar-refractivity contribution in [3.63, 3.8) is 0 Å². The van der Waals surface area contributed by atoms with Gasteiger partial charge >= 0.3 is 0 Å². The highest BCUT2D eigenvalue weighted by Crippen LogP contribution is 2.25. The molecule has 2 aromatic rings. The van der Waals surface area contributed by atoms with Crippen LogP contribution in [0.15, 0.2) is 23.7 Å². The number of nitrogens with one attached hydrogen (secondary N) is 1. The van der Waals surface area contributed by atoms with E-state index in [1.165, 1.54) is 11.3 Å². The number of ether oxygens (including phenoxy) is 1. The lowest BCUT2D eigenvalue weighted by atomic mass is 10.2. The number of hydrogen-bond acceptors (Lipinski definition) is 5. The summed E-state index contributed by atoms with van der Waals surface area (Å²) < 4.78 is 5.09. The first-order valence-corrected chi connectivity index (χ1v) is 6.14. The zero-order chi connectivity index (χ0) is 13.1. The molecule has 1 aromatic carbocycles. The van der Waals surface area contributed by atoms with Crippen molar-refractivity contribution in [2.45, 2.75) is 6.92 Å². The fourth-order valence-electron chi connectivity index (χ4n) is 1.47. The summed E-state index contributed by atoms with van der Waals surface area (Å²) in [6.07, 6.45) is 0. The first-order valence-electron chi connectivity index (χ1n) is 5.26. The van der Waals surface area contributed by atoms with Crippen molar-refractivity contribution >= 4 is 28.6 Å². The minimum atomic E-state index is -0.213. The molecule has 0 spiro atoms. The second kappa shape index (κ2) is 5.05. The maximum Gasteiger partial charge on any atom is 0.267 e. The van der Waals surface area contributed by atoms with Gasteiger partial charge in [-0.1, -0.05) is 0 Å². The van der Waals surface area contributed by atoms with Gasteiger partial charge in [-0.25, -0.2) is 4.98 Å². The molecule has 0 aliphatic carbocycles. The van der Waals surface area contributed by atoms with E-state index in [0.717, 1.165) is 0 Å². The van der Waals surface area contributed by atoms with Crippen molar-refractivity contribution in [1.82, 2.24) is 4.98 Å². The summed E-state index contributed by atoms with van der Waals surface area (Å²) in [6.45, 7) is 1.79. The quantitative estimate of drug-likeness (QED) is 0.833. The third kappa shape index (κ3) is 2.43. The van der Waals surface area contributed by atoms with Crippen molar-refractivity contribution in [3.05, 3.63) is 34.3 Å². The highest BCUT2D eigenvalue weighted by atomic mass is 32.1. The van der Waals surface area contributed by atoms with Crippen LogP contribution in [0.5, 0.6) is 5.75 Å². The van der Waals surface area contributed by atoms with Gasteiger partial charge in [0.1, 0.15) is 10.6 Å². The van der Waals surface area contributed by atoms with Crippen molar-refractivity contribution in [1.29, 1.82) is 0 Å². The predicted octanol–water partition coefficient (Wildman–Crippen LogP) is 2.29. The average Bonchev–Trinajstić information content (AvgIpc) is 2.78. The summed E-state index contributed by atoms with van der Waals surface area (Å²) in [5.74, 6) is 0.426. The molecule has 0 aliphatic heterocycles. The number of hydrogen-bond donors (Lipinski definition) is 2. The highest BCUT2D eigenvalue weighted by Gasteiger charge is 2.13. The van der Waals surface area contributed by atoms with Crippen molar-refractivity contribution < 1.29 is 9.53 Å². The van der Waals surface area contributed by atoms with Gasteiger partial charge in [0.2, 0.25) is 0 Å². The van der Waals surface area contributed by atoms with Crippen LogP contribution in [-0.4, -0.2) is 18.0 Å². The Morgan fingerprint density at radius 3 is 2.89 bits per heavy atom. The van der Waals surface area contributed by atoms with E-state index in [2.05, 4.69) is 10.3 Å². The van der Waals surface area contributed by atoms with Gasteiger partial charge in [-0.3, -0.25) is 4.79 Å². The van der Waals surface area contributed by atoms with E-state index in [1.54, 1.807) is 37.7 Å². The Hall–Kier alpha value is -2.08. The molecule has 0 bridgehead atoms. The molecule has 3 N–H and O–H groups in total. The topological polar surface area (TPSA) is 77.2 Å². The Kier molecular flexibility index (Phi) is 3.47. The van der Waals surface area contributed by atoms with Crippen LogP contribution in [0.3, 0.4) is 0 Å². The number of aryl methyl sites for hydroxylation is 1. The molecule has 1 heterocycles. The van der Waals surface area contributed by atoms with Crippen LogP contribution in [0.2, 0.25) is 0 Å². The smallest absolute Gasteiger partial charge is 0.267 e. The Bertz CT molecular complexity index is 580. The molecule has 6 heteroatoms. The van der Waals surface area contributed by atoms with Gasteiger partial charge in [-0.15, -0.1) is 11.3 Å². The maximum absolute atomic E-state index is 12.0. The number of thiazole rings is 1. The standard InChI is InChI=1S/C12H13N3O2S/c1-7-11(18-6-14-7)12(16)15-10-5-8(17-2)3-4-9(10)13/h3-6H,13H2,1-2H3,(H,15,16). The number of amides is 1. The summed E-state index contributed by atoms with van der Waals surface area (Å²) in [4.78, 5) is 16.6. The Balaban J connectivity index is 2.24. The van der Waals surface area contributed by atoms with E-state index in [1.807, 2.05) is 0 Å². The van der Waals surface area contributed by atoms with Gasteiger partial charge in [0, 0.05) is 6.07 Å². The molecule has 2 rings (SSSR count). The zero-order valence-corrected chi connectivity index (χ0v) is 10.9. The van der Waals surface area contributed by atoms with E-state index in [4.69, 9.17) is 10.5 Å². The molecule has 5 nitrogen and oxygen atoms in total. The summed E-state index contributed by atoms with van der Waals surface area (Å²) in [5.41, 5.74) is 9.17. The van der Waals surface area contributed by atoms with Crippen LogP contribution in [-0.2, 0) is 0 Å². The minimum Gasteiger partial charge on any atom is -0.497 e. The number of rotatable bonds is 3. The molecule has 0 saturated heterocycles. The van der Waals surface area contributed by atoms with Crippen LogP contribution in [0.4, 0.5) is 11.4 Å². The van der Waals surface area contributed by atoms with Gasteiger partial charge in [-0.05, 0) is 19.1 Å². The maximum atomic E-state index is 12.0. The van der Waals surface area contributed by atoms with Crippen LogP contribution in [0.1, 0.15) is 15.4 Å². The predicted molar refractivity (Wildman–Crippen MR) is 72.2 cm³/mol. The van der Waals surface area contributed by atoms with Crippen LogP contribution in [0, 0.1) is 6.92 Å². The number of nitrogen functional groups attached to an aromatic ring is 1. The number of methoxy groups -OCH3 is 1. The lowest BCUT2D eigenvalue weighted by Gasteiger charge is -2.09. The normalized spacial score (nSPS) is 10.1. The number of carbonyl (C=O) groups excluding carboxylic acids is 1. The molecule has 0 saturated carbocycles. The molecule has 0 unspecified atom stereocenters. The third-order valence-electron chi connectivity index (χ3n) is 2.46. The van der Waals surface area contributed by atoms with Crippen molar-refractivity contribution in [3.8, 4) is 5.75 Å². The molecule has 0 fully saturated rings. The number of benzene rings is 1. The van der Waals surface area contributed by atoms with Gasteiger partial charge < -0.3 is 15.8 Å². The molecule has 0 aliphatic rings. The zero-order valence-electron chi connectivity index (χ0n) is 10.1. The van der Waals surface area contributed by atoms with Crippen LogP contribution >= 0.6 is 11.3 Å². The third-order valence-corrected chi connectivity index (χ3v) is 3.39. The van der Waals surface area contributed by atoms with Gasteiger partial charge in [0.25, 0.3) is 5.91 Å².